The van der Waals surface area contributed by atoms with Gasteiger partial charge in [-0.05, 0) is 36.4 Å². The third-order valence-electron chi connectivity index (χ3n) is 2.45. The van der Waals surface area contributed by atoms with E-state index in [1.54, 1.807) is 18.3 Å². The fourth-order valence-corrected chi connectivity index (χ4v) is 2.24. The Hall–Kier alpha value is -1.06. The Morgan fingerprint density at radius 2 is 2.33 bits per heavy atom. The van der Waals surface area contributed by atoms with Crippen molar-refractivity contribution in [2.75, 3.05) is 0 Å². The van der Waals surface area contributed by atoms with Gasteiger partial charge in [0.05, 0.1) is 6.10 Å². The maximum Gasteiger partial charge on any atom is 0.0776 e. The predicted octanol–water partition coefficient (Wildman–Crippen LogP) is 2.85. The molecule has 2 rings (SSSR count). The van der Waals surface area contributed by atoms with Gasteiger partial charge in [-0.15, -0.1) is 11.3 Å². The Kier molecular flexibility index (Phi) is 3.23. The van der Waals surface area contributed by atoms with Crippen molar-refractivity contribution in [3.8, 4) is 0 Å². The zero-order valence-corrected chi connectivity index (χ0v) is 9.57. The summed E-state index contributed by atoms with van der Waals surface area (Å²) >= 11 is 1.79. The van der Waals surface area contributed by atoms with Crippen LogP contribution in [0.4, 0.5) is 0 Å². The first-order valence-electron chi connectivity index (χ1n) is 5.12. The number of aliphatic hydroxyl groups excluding tert-OH is 1. The topological polar surface area (TPSA) is 25.2 Å². The molecule has 0 saturated carbocycles. The smallest absolute Gasteiger partial charge is 0.0776 e. The highest BCUT2D eigenvalue weighted by Gasteiger charge is 2.02. The van der Waals surface area contributed by atoms with Gasteiger partial charge in [-0.2, -0.15) is 0 Å². The van der Waals surface area contributed by atoms with Gasteiger partial charge >= 0.3 is 0 Å². The van der Waals surface area contributed by atoms with Gasteiger partial charge in [0.2, 0.25) is 0 Å². The van der Waals surface area contributed by atoms with Crippen molar-refractivity contribution in [2.45, 2.75) is 26.0 Å². The Bertz CT molecular complexity index is 403. The molecule has 0 radical (unpaired) electrons. The third-order valence-corrected chi connectivity index (χ3v) is 3.39. The first-order chi connectivity index (χ1) is 7.25. The van der Waals surface area contributed by atoms with Crippen LogP contribution >= 0.6 is 11.3 Å². The monoisotopic (exact) mass is 221 g/mol. The van der Waals surface area contributed by atoms with E-state index in [4.69, 9.17) is 0 Å². The molecule has 2 heterocycles. The predicted molar refractivity (Wildman–Crippen MR) is 63.1 cm³/mol. The van der Waals surface area contributed by atoms with Crippen LogP contribution in [0.1, 0.15) is 23.5 Å². The molecule has 2 aromatic heterocycles. The van der Waals surface area contributed by atoms with Crippen LogP contribution in [0.3, 0.4) is 0 Å². The number of aromatic nitrogens is 1. The van der Waals surface area contributed by atoms with Crippen molar-refractivity contribution in [1.82, 2.24) is 4.57 Å². The molecule has 0 saturated heterocycles. The fraction of sp³-hybridized carbons (Fsp3) is 0.333. The van der Waals surface area contributed by atoms with E-state index in [1.165, 1.54) is 4.88 Å². The summed E-state index contributed by atoms with van der Waals surface area (Å²) < 4.78 is 2.13. The Balaban J connectivity index is 1.94. The number of rotatable bonds is 4. The lowest BCUT2D eigenvalue weighted by Gasteiger charge is -2.01. The number of hydrogen-bond donors (Lipinski definition) is 1. The van der Waals surface area contributed by atoms with Crippen molar-refractivity contribution in [1.29, 1.82) is 0 Å². The number of aliphatic hydroxyl groups is 1. The second-order valence-electron chi connectivity index (χ2n) is 3.69. The Labute approximate surface area is 93.8 Å². The first kappa shape index (κ1) is 10.5. The molecular formula is C12H15NOS. The van der Waals surface area contributed by atoms with Crippen molar-refractivity contribution in [3.63, 3.8) is 0 Å². The van der Waals surface area contributed by atoms with Crippen LogP contribution in [-0.4, -0.2) is 9.67 Å². The van der Waals surface area contributed by atoms with Gasteiger partial charge < -0.3 is 9.67 Å². The van der Waals surface area contributed by atoms with Gasteiger partial charge in [-0.3, -0.25) is 0 Å². The minimum absolute atomic E-state index is 0.368. The summed E-state index contributed by atoms with van der Waals surface area (Å²) in [4.78, 5) is 1.40. The van der Waals surface area contributed by atoms with E-state index >= 15 is 0 Å². The normalized spacial score (nSPS) is 12.9. The van der Waals surface area contributed by atoms with Gasteiger partial charge in [0.25, 0.3) is 0 Å². The van der Waals surface area contributed by atoms with Crippen LogP contribution in [-0.2, 0) is 13.0 Å². The molecule has 2 aromatic rings. The van der Waals surface area contributed by atoms with Crippen LogP contribution in [0.5, 0.6) is 0 Å². The summed E-state index contributed by atoms with van der Waals surface area (Å²) in [5.41, 5.74) is 0.987. The second-order valence-corrected chi connectivity index (χ2v) is 4.72. The molecule has 0 aromatic carbocycles. The minimum atomic E-state index is -0.368. The molecule has 80 valence electrons. The number of nitrogens with zero attached hydrogens (tertiary/aromatic N) is 1. The lowest BCUT2D eigenvalue weighted by Crippen LogP contribution is -1.97. The molecule has 0 aliphatic carbocycles. The van der Waals surface area contributed by atoms with Gasteiger partial charge in [-0.25, -0.2) is 0 Å². The molecule has 0 spiro atoms. The van der Waals surface area contributed by atoms with Crippen LogP contribution in [0.15, 0.2) is 36.0 Å². The molecule has 0 bridgehead atoms. The van der Waals surface area contributed by atoms with Gasteiger partial charge in [0.15, 0.2) is 0 Å². The van der Waals surface area contributed by atoms with Gasteiger partial charge in [0.1, 0.15) is 0 Å². The standard InChI is InChI=1S/C12H15NOS/c1-10(14)11-4-6-13(9-11)7-5-12-3-2-8-15-12/h2-4,6,8-10,14H,5,7H2,1H3. The maximum absolute atomic E-state index is 9.38. The van der Waals surface area contributed by atoms with Crippen LogP contribution in [0.2, 0.25) is 0 Å². The van der Waals surface area contributed by atoms with E-state index in [9.17, 15) is 5.11 Å². The fourth-order valence-electron chi connectivity index (χ4n) is 1.54. The largest absolute Gasteiger partial charge is 0.389 e. The molecule has 1 atom stereocenters. The van der Waals surface area contributed by atoms with E-state index < -0.39 is 0 Å². The number of aryl methyl sites for hydroxylation is 2. The summed E-state index contributed by atoms with van der Waals surface area (Å²) in [6, 6.07) is 6.21. The highest BCUT2D eigenvalue weighted by atomic mass is 32.1. The van der Waals surface area contributed by atoms with E-state index in [-0.39, 0.29) is 6.10 Å². The minimum Gasteiger partial charge on any atom is -0.389 e. The van der Waals surface area contributed by atoms with E-state index in [0.29, 0.717) is 0 Å². The highest BCUT2D eigenvalue weighted by Crippen LogP contribution is 2.14. The summed E-state index contributed by atoms with van der Waals surface area (Å²) in [6.45, 7) is 2.77. The molecule has 3 heteroatoms. The second kappa shape index (κ2) is 4.64. The molecule has 2 nitrogen and oxygen atoms in total. The van der Waals surface area contributed by atoms with Crippen LogP contribution < -0.4 is 0 Å². The maximum atomic E-state index is 9.38. The summed E-state index contributed by atoms with van der Waals surface area (Å²) in [7, 11) is 0. The Morgan fingerprint density at radius 3 is 2.93 bits per heavy atom. The summed E-state index contributed by atoms with van der Waals surface area (Å²) in [5, 5.41) is 11.5. The van der Waals surface area contributed by atoms with E-state index in [2.05, 4.69) is 22.1 Å². The van der Waals surface area contributed by atoms with Gasteiger partial charge in [0, 0.05) is 23.8 Å². The van der Waals surface area contributed by atoms with Crippen molar-refractivity contribution >= 4 is 11.3 Å². The first-order valence-corrected chi connectivity index (χ1v) is 6.00. The van der Waals surface area contributed by atoms with Crippen LogP contribution in [0.25, 0.3) is 0 Å². The summed E-state index contributed by atoms with van der Waals surface area (Å²) in [6.07, 6.45) is 4.73. The quantitative estimate of drug-likeness (QED) is 0.843. The highest BCUT2D eigenvalue weighted by molar-refractivity contribution is 7.09. The summed E-state index contributed by atoms with van der Waals surface area (Å²) in [5.74, 6) is 0. The van der Waals surface area contributed by atoms with Crippen molar-refractivity contribution < 1.29 is 5.11 Å². The van der Waals surface area contributed by atoms with E-state index in [1.807, 2.05) is 18.5 Å². The molecule has 15 heavy (non-hydrogen) atoms. The third kappa shape index (κ3) is 2.70. The molecule has 1 N–H and O–H groups in total. The van der Waals surface area contributed by atoms with Crippen molar-refractivity contribution in [3.05, 3.63) is 46.4 Å². The Morgan fingerprint density at radius 1 is 1.47 bits per heavy atom. The number of thiophene rings is 1. The zero-order chi connectivity index (χ0) is 10.7. The van der Waals surface area contributed by atoms with E-state index in [0.717, 1.165) is 18.5 Å². The lowest BCUT2D eigenvalue weighted by molar-refractivity contribution is 0.199. The zero-order valence-electron chi connectivity index (χ0n) is 8.76. The molecule has 0 aliphatic heterocycles. The number of hydrogen-bond acceptors (Lipinski definition) is 2. The molecule has 0 aliphatic rings. The molecule has 1 unspecified atom stereocenters. The van der Waals surface area contributed by atoms with Crippen LogP contribution in [0, 0.1) is 0 Å². The lowest BCUT2D eigenvalue weighted by atomic mass is 10.2. The average Bonchev–Trinajstić information content (AvgIpc) is 2.86. The van der Waals surface area contributed by atoms with Gasteiger partial charge in [-0.1, -0.05) is 6.07 Å². The molecule has 0 fully saturated rings. The molecule has 0 amide bonds. The molecular weight excluding hydrogens is 206 g/mol. The van der Waals surface area contributed by atoms with Crippen molar-refractivity contribution in [2.24, 2.45) is 0 Å². The average molecular weight is 221 g/mol. The SMILES string of the molecule is CC(O)c1ccn(CCc2cccs2)c1.